The molecule has 180 valence electrons. The topological polar surface area (TPSA) is 61.9 Å². The molecule has 0 aliphatic heterocycles. The fourth-order valence-electron chi connectivity index (χ4n) is 4.64. The summed E-state index contributed by atoms with van der Waals surface area (Å²) in [5.74, 6) is -0.0240. The number of anilines is 1. The molecule has 0 radical (unpaired) electrons. The third kappa shape index (κ3) is 7.19. The first-order valence-corrected chi connectivity index (χ1v) is 12.3. The molecule has 1 amide bonds. The van der Waals surface area contributed by atoms with Crippen molar-refractivity contribution in [1.29, 1.82) is 0 Å². The second-order valence-corrected chi connectivity index (χ2v) is 9.15. The predicted molar refractivity (Wildman–Crippen MR) is 132 cm³/mol. The third-order valence-corrected chi connectivity index (χ3v) is 6.92. The summed E-state index contributed by atoms with van der Waals surface area (Å²) in [6.07, 6.45) is 5.38. The molecule has 0 aromatic heterocycles. The number of hydrogen-bond donors (Lipinski definition) is 1. The van der Waals surface area contributed by atoms with Gasteiger partial charge in [-0.15, -0.1) is 0 Å². The molecule has 0 atom stereocenters. The number of ether oxygens (including phenoxy) is 1. The maximum atomic E-state index is 12.8. The summed E-state index contributed by atoms with van der Waals surface area (Å²) in [7, 11) is 3.93. The van der Waals surface area contributed by atoms with Crippen LogP contribution in [-0.2, 0) is 9.53 Å². The van der Waals surface area contributed by atoms with Crippen LogP contribution in [0.4, 0.5) is 5.69 Å². The van der Waals surface area contributed by atoms with E-state index in [1.807, 2.05) is 19.9 Å². The summed E-state index contributed by atoms with van der Waals surface area (Å²) in [6, 6.07) is 4.73. The van der Waals surface area contributed by atoms with Crippen LogP contribution in [0, 0.1) is 6.92 Å². The van der Waals surface area contributed by atoms with E-state index < -0.39 is 0 Å². The van der Waals surface area contributed by atoms with Gasteiger partial charge < -0.3 is 19.9 Å². The van der Waals surface area contributed by atoms with E-state index in [0.717, 1.165) is 56.6 Å². The first-order chi connectivity index (χ1) is 15.3. The van der Waals surface area contributed by atoms with Crippen molar-refractivity contribution in [3.8, 4) is 0 Å². The first-order valence-electron chi connectivity index (χ1n) is 11.9. The van der Waals surface area contributed by atoms with E-state index in [2.05, 4.69) is 29.1 Å². The number of Topliss-reactive ketones (excluding diaryl/α,β-unsaturated/α-hetero) is 1. The zero-order chi connectivity index (χ0) is 23.7. The lowest BCUT2D eigenvalue weighted by Crippen LogP contribution is -2.44. The monoisotopic (exact) mass is 465 g/mol. The van der Waals surface area contributed by atoms with Crippen LogP contribution in [0.3, 0.4) is 0 Å². The van der Waals surface area contributed by atoms with Crippen LogP contribution in [0.5, 0.6) is 0 Å². The molecule has 1 fully saturated rings. The third-order valence-electron chi connectivity index (χ3n) is 6.70. The Bertz CT molecular complexity index is 763. The van der Waals surface area contributed by atoms with Gasteiger partial charge in [-0.25, -0.2) is 0 Å². The Morgan fingerprint density at radius 3 is 2.41 bits per heavy atom. The Kier molecular flexibility index (Phi) is 11.0. The molecular weight excluding hydrogens is 426 g/mol. The molecule has 32 heavy (non-hydrogen) atoms. The molecular formula is C25H40ClN3O3. The van der Waals surface area contributed by atoms with E-state index in [0.29, 0.717) is 42.1 Å². The van der Waals surface area contributed by atoms with Crippen LogP contribution < -0.4 is 10.2 Å². The van der Waals surface area contributed by atoms with Gasteiger partial charge >= 0.3 is 0 Å². The standard InChI is InChI=1S/C25H40ClN3O3/c1-6-22(30)12-13-27-25(31)23-16-19(26)17-24(18(23)3)29(7-2)21-10-8-20(9-11-21)28(4)14-15-32-5/h16-17,20-21H,6-15H2,1-5H3,(H,27,31). The SMILES string of the molecule is CCC(=O)CCNC(=O)c1cc(Cl)cc(N(CC)C2CCC(N(C)CCOC)CC2)c1C. The van der Waals surface area contributed by atoms with Gasteiger partial charge in [-0.2, -0.15) is 0 Å². The minimum absolute atomic E-state index is 0.148. The molecule has 1 N–H and O–H groups in total. The van der Waals surface area contributed by atoms with Crippen molar-refractivity contribution in [2.24, 2.45) is 0 Å². The molecule has 0 bridgehead atoms. The molecule has 0 spiro atoms. The maximum Gasteiger partial charge on any atom is 0.251 e. The molecule has 0 heterocycles. The lowest BCUT2D eigenvalue weighted by molar-refractivity contribution is -0.118. The Hall–Kier alpha value is -1.63. The average Bonchev–Trinajstić information content (AvgIpc) is 2.80. The number of amides is 1. The van der Waals surface area contributed by atoms with Crippen molar-refractivity contribution in [3.63, 3.8) is 0 Å². The molecule has 1 saturated carbocycles. The summed E-state index contributed by atoms with van der Waals surface area (Å²) in [5, 5.41) is 3.44. The van der Waals surface area contributed by atoms with Gasteiger partial charge in [-0.05, 0) is 64.3 Å². The molecule has 1 aromatic rings. The maximum absolute atomic E-state index is 12.8. The van der Waals surface area contributed by atoms with E-state index in [-0.39, 0.29) is 11.7 Å². The minimum atomic E-state index is -0.172. The van der Waals surface area contributed by atoms with Gasteiger partial charge in [0.1, 0.15) is 5.78 Å². The lowest BCUT2D eigenvalue weighted by atomic mass is 9.88. The van der Waals surface area contributed by atoms with Gasteiger partial charge in [0.15, 0.2) is 0 Å². The van der Waals surface area contributed by atoms with Crippen LogP contribution >= 0.6 is 11.6 Å². The molecule has 1 aliphatic carbocycles. The predicted octanol–water partition coefficient (Wildman–Crippen LogP) is 4.46. The number of hydrogen-bond acceptors (Lipinski definition) is 5. The van der Waals surface area contributed by atoms with Gasteiger partial charge in [0, 0.05) is 67.9 Å². The van der Waals surface area contributed by atoms with E-state index >= 15 is 0 Å². The Balaban J connectivity index is 2.10. The largest absolute Gasteiger partial charge is 0.383 e. The second-order valence-electron chi connectivity index (χ2n) is 8.72. The van der Waals surface area contributed by atoms with Crippen molar-refractivity contribution in [2.75, 3.05) is 45.3 Å². The zero-order valence-electron chi connectivity index (χ0n) is 20.4. The minimum Gasteiger partial charge on any atom is -0.383 e. The Morgan fingerprint density at radius 1 is 1.16 bits per heavy atom. The molecule has 0 unspecified atom stereocenters. The highest BCUT2D eigenvalue weighted by Gasteiger charge is 2.29. The van der Waals surface area contributed by atoms with Crippen molar-refractivity contribution in [1.82, 2.24) is 10.2 Å². The summed E-state index contributed by atoms with van der Waals surface area (Å²) in [4.78, 5) is 29.2. The lowest BCUT2D eigenvalue weighted by Gasteiger charge is -2.41. The van der Waals surface area contributed by atoms with Gasteiger partial charge in [-0.1, -0.05) is 18.5 Å². The number of ketones is 1. The number of carbonyl (C=O) groups excluding carboxylic acids is 2. The van der Waals surface area contributed by atoms with Crippen molar-refractivity contribution < 1.29 is 14.3 Å². The first kappa shape index (κ1) is 26.6. The highest BCUT2D eigenvalue weighted by Crippen LogP contribution is 2.34. The summed E-state index contributed by atoms with van der Waals surface area (Å²) < 4.78 is 5.22. The van der Waals surface area contributed by atoms with Gasteiger partial charge in [0.25, 0.3) is 5.91 Å². The van der Waals surface area contributed by atoms with Crippen molar-refractivity contribution in [2.45, 2.75) is 71.4 Å². The number of methoxy groups -OCH3 is 1. The van der Waals surface area contributed by atoms with Crippen LogP contribution in [0.1, 0.15) is 68.3 Å². The van der Waals surface area contributed by atoms with Gasteiger partial charge in [-0.3, -0.25) is 9.59 Å². The normalized spacial score (nSPS) is 18.6. The summed E-state index contributed by atoms with van der Waals surface area (Å²) in [6.45, 7) is 8.92. The number of benzene rings is 1. The molecule has 2 rings (SSSR count). The van der Waals surface area contributed by atoms with Gasteiger partial charge in [0.05, 0.1) is 6.61 Å². The highest BCUT2D eigenvalue weighted by atomic mass is 35.5. The Morgan fingerprint density at radius 2 is 1.81 bits per heavy atom. The van der Waals surface area contributed by atoms with E-state index in [1.54, 1.807) is 13.2 Å². The quantitative estimate of drug-likeness (QED) is 0.493. The molecule has 7 heteroatoms. The highest BCUT2D eigenvalue weighted by molar-refractivity contribution is 6.31. The van der Waals surface area contributed by atoms with Crippen LogP contribution in [0.25, 0.3) is 0 Å². The van der Waals surface area contributed by atoms with Crippen molar-refractivity contribution in [3.05, 3.63) is 28.3 Å². The molecule has 0 saturated heterocycles. The average molecular weight is 466 g/mol. The second kappa shape index (κ2) is 13.2. The number of halogens is 1. The summed E-state index contributed by atoms with van der Waals surface area (Å²) >= 11 is 6.45. The van der Waals surface area contributed by atoms with Crippen LogP contribution in [0.2, 0.25) is 5.02 Å². The van der Waals surface area contributed by atoms with Gasteiger partial charge in [0.2, 0.25) is 0 Å². The summed E-state index contributed by atoms with van der Waals surface area (Å²) in [5.41, 5.74) is 2.56. The van der Waals surface area contributed by atoms with Crippen LogP contribution in [0.15, 0.2) is 12.1 Å². The fourth-order valence-corrected chi connectivity index (χ4v) is 4.85. The fraction of sp³-hybridized carbons (Fsp3) is 0.680. The Labute approximate surface area is 198 Å². The smallest absolute Gasteiger partial charge is 0.251 e. The number of rotatable bonds is 12. The molecule has 6 nitrogen and oxygen atoms in total. The van der Waals surface area contributed by atoms with E-state index in [1.165, 1.54) is 0 Å². The van der Waals surface area contributed by atoms with Crippen LogP contribution in [-0.4, -0.2) is 69.1 Å². The number of nitrogens with zero attached hydrogens (tertiary/aromatic N) is 2. The zero-order valence-corrected chi connectivity index (χ0v) is 21.1. The van der Waals surface area contributed by atoms with E-state index in [9.17, 15) is 9.59 Å². The molecule has 1 aromatic carbocycles. The number of carbonyl (C=O) groups is 2. The number of likely N-dealkylation sites (N-methyl/N-ethyl adjacent to an activating group) is 1. The van der Waals surface area contributed by atoms with Crippen molar-refractivity contribution >= 4 is 29.0 Å². The number of nitrogens with one attached hydrogen (secondary N) is 1. The molecule has 1 aliphatic rings. The van der Waals surface area contributed by atoms with E-state index in [4.69, 9.17) is 16.3 Å².